The molecule has 148 valence electrons. The third-order valence-electron chi connectivity index (χ3n) is 4.77. The molecule has 7 heteroatoms. The van der Waals surface area contributed by atoms with Gasteiger partial charge in [0.1, 0.15) is 0 Å². The SMILES string of the molecule is CC(C)c1noc(CSc2nc3ccccc3c(=O)n2C(C)c2ccccc2)n1. The van der Waals surface area contributed by atoms with Crippen molar-refractivity contribution in [2.75, 3.05) is 0 Å². The number of nitrogens with zero attached hydrogens (tertiary/aromatic N) is 4. The fourth-order valence-electron chi connectivity index (χ4n) is 3.14. The zero-order chi connectivity index (χ0) is 20.4. The molecule has 0 aliphatic carbocycles. The summed E-state index contributed by atoms with van der Waals surface area (Å²) >= 11 is 1.43. The molecular weight excluding hydrogens is 384 g/mol. The van der Waals surface area contributed by atoms with Gasteiger partial charge in [-0.25, -0.2) is 4.98 Å². The van der Waals surface area contributed by atoms with E-state index in [2.05, 4.69) is 10.1 Å². The van der Waals surface area contributed by atoms with E-state index in [1.165, 1.54) is 11.8 Å². The molecule has 0 aliphatic rings. The standard InChI is InChI=1S/C22H22N4O2S/c1-14(2)20-24-19(28-25-20)13-29-22-23-18-12-8-7-11-17(18)21(27)26(22)15(3)16-9-5-4-6-10-16/h4-12,14-15H,13H2,1-3H3. The first-order valence-corrected chi connectivity index (χ1v) is 10.5. The van der Waals surface area contributed by atoms with E-state index in [1.54, 1.807) is 4.57 Å². The molecule has 0 spiro atoms. The topological polar surface area (TPSA) is 73.8 Å². The van der Waals surface area contributed by atoms with Gasteiger partial charge in [-0.2, -0.15) is 4.98 Å². The number of benzene rings is 2. The van der Waals surface area contributed by atoms with Crippen LogP contribution in [0.3, 0.4) is 0 Å². The monoisotopic (exact) mass is 406 g/mol. The van der Waals surface area contributed by atoms with Crippen molar-refractivity contribution in [1.29, 1.82) is 0 Å². The highest BCUT2D eigenvalue weighted by Crippen LogP contribution is 2.27. The third kappa shape index (κ3) is 3.96. The molecule has 2 heterocycles. The molecule has 4 rings (SSSR count). The minimum atomic E-state index is -0.155. The zero-order valence-corrected chi connectivity index (χ0v) is 17.4. The lowest BCUT2D eigenvalue weighted by atomic mass is 10.1. The van der Waals surface area contributed by atoms with Gasteiger partial charge in [0.25, 0.3) is 5.56 Å². The van der Waals surface area contributed by atoms with Crippen LogP contribution in [0.4, 0.5) is 0 Å². The number of para-hydroxylation sites is 1. The second kappa shape index (κ2) is 8.21. The average molecular weight is 407 g/mol. The van der Waals surface area contributed by atoms with Crippen LogP contribution in [-0.4, -0.2) is 19.7 Å². The fraction of sp³-hybridized carbons (Fsp3) is 0.273. The van der Waals surface area contributed by atoms with Gasteiger partial charge in [-0.1, -0.05) is 73.2 Å². The van der Waals surface area contributed by atoms with Gasteiger partial charge in [0.05, 0.1) is 22.7 Å². The van der Waals surface area contributed by atoms with Crippen LogP contribution in [0, 0.1) is 0 Å². The first-order valence-electron chi connectivity index (χ1n) is 9.56. The van der Waals surface area contributed by atoms with E-state index in [0.717, 1.165) is 5.56 Å². The molecule has 4 aromatic rings. The van der Waals surface area contributed by atoms with Crippen LogP contribution in [0.25, 0.3) is 10.9 Å². The summed E-state index contributed by atoms with van der Waals surface area (Å²) in [4.78, 5) is 22.5. The van der Waals surface area contributed by atoms with E-state index in [0.29, 0.717) is 33.5 Å². The van der Waals surface area contributed by atoms with E-state index in [1.807, 2.05) is 75.4 Å². The van der Waals surface area contributed by atoms with E-state index in [-0.39, 0.29) is 17.5 Å². The first kappa shape index (κ1) is 19.4. The van der Waals surface area contributed by atoms with E-state index in [4.69, 9.17) is 9.51 Å². The summed E-state index contributed by atoms with van der Waals surface area (Å²) in [5, 5.41) is 5.26. The van der Waals surface area contributed by atoms with Crippen molar-refractivity contribution in [3.63, 3.8) is 0 Å². The van der Waals surface area contributed by atoms with Crippen LogP contribution in [0.15, 0.2) is 69.1 Å². The summed E-state index contributed by atoms with van der Waals surface area (Å²) in [6, 6.07) is 17.2. The highest BCUT2D eigenvalue weighted by molar-refractivity contribution is 7.98. The summed E-state index contributed by atoms with van der Waals surface area (Å²) in [7, 11) is 0. The number of rotatable bonds is 6. The molecule has 1 atom stereocenters. The number of hydrogen-bond donors (Lipinski definition) is 0. The summed E-state index contributed by atoms with van der Waals surface area (Å²) in [6.07, 6.45) is 0. The maximum Gasteiger partial charge on any atom is 0.262 e. The Morgan fingerprint density at radius 3 is 2.45 bits per heavy atom. The molecule has 1 unspecified atom stereocenters. The van der Waals surface area contributed by atoms with E-state index < -0.39 is 0 Å². The molecule has 0 radical (unpaired) electrons. The van der Waals surface area contributed by atoms with Crippen LogP contribution in [0.1, 0.15) is 50.0 Å². The molecule has 2 aromatic carbocycles. The third-order valence-corrected chi connectivity index (χ3v) is 5.71. The Bertz CT molecular complexity index is 1180. The molecule has 0 N–H and O–H groups in total. The maximum absolute atomic E-state index is 13.3. The molecule has 0 amide bonds. The highest BCUT2D eigenvalue weighted by Gasteiger charge is 2.19. The minimum absolute atomic E-state index is 0.0529. The van der Waals surface area contributed by atoms with Crippen LogP contribution in [0.5, 0.6) is 0 Å². The van der Waals surface area contributed by atoms with Crippen molar-refractivity contribution in [2.24, 2.45) is 0 Å². The highest BCUT2D eigenvalue weighted by atomic mass is 32.2. The first-order chi connectivity index (χ1) is 14.0. The van der Waals surface area contributed by atoms with Gasteiger partial charge in [-0.3, -0.25) is 9.36 Å². The molecule has 0 fully saturated rings. The van der Waals surface area contributed by atoms with Crippen molar-refractivity contribution in [3.05, 3.63) is 82.2 Å². The van der Waals surface area contributed by atoms with Gasteiger partial charge in [0.2, 0.25) is 5.89 Å². The van der Waals surface area contributed by atoms with Crippen LogP contribution < -0.4 is 5.56 Å². The zero-order valence-electron chi connectivity index (χ0n) is 16.6. The van der Waals surface area contributed by atoms with E-state index >= 15 is 0 Å². The fourth-order valence-corrected chi connectivity index (χ4v) is 4.05. The van der Waals surface area contributed by atoms with Gasteiger partial charge < -0.3 is 4.52 Å². The lowest BCUT2D eigenvalue weighted by Gasteiger charge is -2.19. The van der Waals surface area contributed by atoms with Crippen LogP contribution >= 0.6 is 11.8 Å². The number of aromatic nitrogens is 4. The molecule has 0 aliphatic heterocycles. The van der Waals surface area contributed by atoms with Gasteiger partial charge in [-0.05, 0) is 24.6 Å². The Kier molecular flexibility index (Phi) is 5.49. The summed E-state index contributed by atoms with van der Waals surface area (Å²) in [5.41, 5.74) is 1.68. The van der Waals surface area contributed by atoms with E-state index in [9.17, 15) is 4.79 Å². The van der Waals surface area contributed by atoms with Crippen molar-refractivity contribution in [2.45, 2.75) is 43.6 Å². The summed E-state index contributed by atoms with van der Waals surface area (Å²) in [6.45, 7) is 6.05. The predicted molar refractivity (Wildman–Crippen MR) is 114 cm³/mol. The Balaban J connectivity index is 1.75. The van der Waals surface area contributed by atoms with Crippen molar-refractivity contribution in [1.82, 2.24) is 19.7 Å². The average Bonchev–Trinajstić information content (AvgIpc) is 3.22. The van der Waals surface area contributed by atoms with Gasteiger partial charge >= 0.3 is 0 Å². The lowest BCUT2D eigenvalue weighted by molar-refractivity contribution is 0.382. The molecular formula is C22H22N4O2S. The Labute approximate surface area is 173 Å². The van der Waals surface area contributed by atoms with Crippen molar-refractivity contribution >= 4 is 22.7 Å². The number of hydrogen-bond acceptors (Lipinski definition) is 6. The van der Waals surface area contributed by atoms with Crippen molar-refractivity contribution < 1.29 is 4.52 Å². The Hall–Kier alpha value is -2.93. The lowest BCUT2D eigenvalue weighted by Crippen LogP contribution is -2.27. The Morgan fingerprint density at radius 1 is 1.00 bits per heavy atom. The van der Waals surface area contributed by atoms with Crippen LogP contribution in [0.2, 0.25) is 0 Å². The molecule has 2 aromatic heterocycles. The van der Waals surface area contributed by atoms with Gasteiger partial charge in [0, 0.05) is 5.92 Å². The summed E-state index contributed by atoms with van der Waals surface area (Å²) in [5.74, 6) is 1.86. The molecule has 0 saturated heterocycles. The quantitative estimate of drug-likeness (QED) is 0.338. The number of thioether (sulfide) groups is 1. The molecule has 6 nitrogen and oxygen atoms in total. The second-order valence-electron chi connectivity index (χ2n) is 7.16. The van der Waals surface area contributed by atoms with Crippen molar-refractivity contribution in [3.8, 4) is 0 Å². The molecule has 29 heavy (non-hydrogen) atoms. The Morgan fingerprint density at radius 2 is 1.72 bits per heavy atom. The normalized spacial score (nSPS) is 12.6. The largest absolute Gasteiger partial charge is 0.338 e. The summed E-state index contributed by atoms with van der Waals surface area (Å²) < 4.78 is 7.11. The number of fused-ring (bicyclic) bond motifs is 1. The molecule has 0 bridgehead atoms. The van der Waals surface area contributed by atoms with Crippen LogP contribution in [-0.2, 0) is 5.75 Å². The second-order valence-corrected chi connectivity index (χ2v) is 8.11. The minimum Gasteiger partial charge on any atom is -0.338 e. The maximum atomic E-state index is 13.3. The molecule has 0 saturated carbocycles. The smallest absolute Gasteiger partial charge is 0.262 e. The predicted octanol–water partition coefficient (Wildman–Crippen LogP) is 4.80. The van der Waals surface area contributed by atoms with Gasteiger partial charge in [-0.15, -0.1) is 0 Å². The van der Waals surface area contributed by atoms with Gasteiger partial charge in [0.15, 0.2) is 11.0 Å².